The summed E-state index contributed by atoms with van der Waals surface area (Å²) in [5.74, 6) is 0. The molecule has 4 aromatic rings. The van der Waals surface area contributed by atoms with E-state index in [0.29, 0.717) is 6.90 Å². The topological polar surface area (TPSA) is 20.2 Å². The minimum Gasteiger partial charge on any atom is -0.391 e. The molecule has 0 saturated carbocycles. The predicted molar refractivity (Wildman–Crippen MR) is 121 cm³/mol. The van der Waals surface area contributed by atoms with E-state index in [1.807, 2.05) is 34.0 Å². The van der Waals surface area contributed by atoms with Crippen molar-refractivity contribution in [3.63, 3.8) is 0 Å². The lowest BCUT2D eigenvalue weighted by Crippen LogP contribution is -1.71. The van der Waals surface area contributed by atoms with Crippen LogP contribution in [0.25, 0.3) is 29.3 Å². The normalized spacial score (nSPS) is 11.2. The highest BCUT2D eigenvalue weighted by Gasteiger charge is 2.13. The van der Waals surface area contributed by atoms with Gasteiger partial charge in [-0.25, -0.2) is 0 Å². The number of aliphatic hydroxyl groups excluding tert-OH is 1. The molecule has 0 aliphatic rings. The van der Waals surface area contributed by atoms with Gasteiger partial charge in [0.15, 0.2) is 0 Å². The van der Waals surface area contributed by atoms with Gasteiger partial charge in [-0.05, 0) is 66.8 Å². The standard InChI is InChI=1S/C19H16OS4.C2H6/c1-11-7-8-21-18(11)16-5-3-14(23-16)15-4-6-17(24-15)19-12(2)9-13(10-20)22-19;1-2/h3-9,20H,10H2,1-2H3;1-2H3/i;1T. The van der Waals surface area contributed by atoms with E-state index in [9.17, 15) is 5.11 Å². The first-order valence-corrected chi connectivity index (χ1v) is 11.6. The molecule has 0 atom stereocenters. The number of aryl methyl sites for hydroxylation is 2. The molecule has 26 heavy (non-hydrogen) atoms. The molecule has 0 radical (unpaired) electrons. The van der Waals surface area contributed by atoms with Gasteiger partial charge in [0.05, 0.1) is 6.61 Å². The summed E-state index contributed by atoms with van der Waals surface area (Å²) in [5.41, 5.74) is 2.60. The highest BCUT2D eigenvalue weighted by Crippen LogP contribution is 2.44. The van der Waals surface area contributed by atoms with Gasteiger partial charge in [0.25, 0.3) is 0 Å². The fourth-order valence-corrected chi connectivity index (χ4v) is 7.11. The van der Waals surface area contributed by atoms with E-state index >= 15 is 0 Å². The van der Waals surface area contributed by atoms with Gasteiger partial charge in [0.1, 0.15) is 0 Å². The van der Waals surface area contributed by atoms with Crippen LogP contribution in [0.15, 0.2) is 41.8 Å². The summed E-state index contributed by atoms with van der Waals surface area (Å²) < 4.78 is 6.21. The van der Waals surface area contributed by atoms with Crippen LogP contribution < -0.4 is 0 Å². The maximum absolute atomic E-state index is 9.34. The lowest BCUT2D eigenvalue weighted by atomic mass is 10.2. The minimum atomic E-state index is 0.123. The average Bonchev–Trinajstić information content (AvgIpc) is 3.41. The maximum atomic E-state index is 9.34. The summed E-state index contributed by atoms with van der Waals surface area (Å²) in [6.07, 6.45) is 0. The van der Waals surface area contributed by atoms with Crippen molar-refractivity contribution < 1.29 is 6.48 Å². The van der Waals surface area contributed by atoms with E-state index < -0.39 is 0 Å². The van der Waals surface area contributed by atoms with Crippen LogP contribution in [-0.2, 0) is 6.61 Å². The van der Waals surface area contributed by atoms with Crippen molar-refractivity contribution >= 4 is 45.3 Å². The minimum absolute atomic E-state index is 0.123. The molecule has 0 amide bonds. The van der Waals surface area contributed by atoms with Crippen LogP contribution in [0.4, 0.5) is 0 Å². The molecule has 0 fully saturated rings. The van der Waals surface area contributed by atoms with Crippen LogP contribution in [0.2, 0.25) is 0 Å². The molecule has 1 N–H and O–H groups in total. The SMILES string of the molecule is Cc1ccsc1-c1ccc(-c2ccc(-c3sc(CO)cc3C)s2)s1.[3H]CC. The predicted octanol–water partition coefficient (Wildman–Crippen LogP) is 8.07. The third-order valence-electron chi connectivity index (χ3n) is 3.89. The van der Waals surface area contributed by atoms with E-state index in [2.05, 4.69) is 55.6 Å². The molecule has 4 aromatic heterocycles. The Balaban J connectivity index is 0.000000659. The van der Waals surface area contributed by atoms with Gasteiger partial charge in [-0.1, -0.05) is 13.8 Å². The highest BCUT2D eigenvalue weighted by atomic mass is 32.1. The van der Waals surface area contributed by atoms with E-state index in [-0.39, 0.29) is 6.61 Å². The third kappa shape index (κ3) is 3.87. The molecule has 5 heteroatoms. The zero-order valence-electron chi connectivity index (χ0n) is 16.0. The Kier molecular flexibility index (Phi) is 6.02. The van der Waals surface area contributed by atoms with Gasteiger partial charge in [-0.2, -0.15) is 0 Å². The van der Waals surface area contributed by atoms with Crippen molar-refractivity contribution in [2.75, 3.05) is 0 Å². The Labute approximate surface area is 172 Å². The number of hydrogen-bond donors (Lipinski definition) is 1. The summed E-state index contributed by atoms with van der Waals surface area (Å²) in [7, 11) is 0. The molecule has 0 saturated heterocycles. The molecule has 0 aliphatic carbocycles. The molecule has 0 bridgehead atoms. The van der Waals surface area contributed by atoms with Crippen molar-refractivity contribution in [3.8, 4) is 29.3 Å². The summed E-state index contributed by atoms with van der Waals surface area (Å²) in [4.78, 5) is 8.96. The first-order valence-electron chi connectivity index (χ1n) is 9.02. The molecule has 0 unspecified atom stereocenters. The molecular weight excluding hydrogens is 396 g/mol. The molecule has 0 spiro atoms. The number of rotatable bonds is 4. The quantitative estimate of drug-likeness (QED) is 0.354. The lowest BCUT2D eigenvalue weighted by Gasteiger charge is -1.95. The second kappa shape index (κ2) is 8.63. The van der Waals surface area contributed by atoms with Gasteiger partial charge in [-0.3, -0.25) is 0 Å². The van der Waals surface area contributed by atoms with Crippen molar-refractivity contribution in [2.45, 2.75) is 34.3 Å². The molecule has 136 valence electrons. The second-order valence-electron chi connectivity index (χ2n) is 5.64. The Morgan fingerprint density at radius 2 is 1.42 bits per heavy atom. The average molecular weight is 421 g/mol. The summed E-state index contributed by atoms with van der Waals surface area (Å²) in [6.45, 7) is 6.71. The number of hydrogen-bond acceptors (Lipinski definition) is 5. The summed E-state index contributed by atoms with van der Waals surface area (Å²) in [5, 5.41) is 11.5. The van der Waals surface area contributed by atoms with Crippen molar-refractivity contribution in [2.24, 2.45) is 0 Å². The Morgan fingerprint density at radius 3 is 1.92 bits per heavy atom. The molecule has 1 nitrogen and oxygen atoms in total. The highest BCUT2D eigenvalue weighted by molar-refractivity contribution is 7.28. The van der Waals surface area contributed by atoms with Crippen molar-refractivity contribution in [1.82, 2.24) is 0 Å². The van der Waals surface area contributed by atoms with Crippen molar-refractivity contribution in [1.29, 1.82) is 0 Å². The zero-order chi connectivity index (χ0) is 19.4. The fraction of sp³-hybridized carbons (Fsp3) is 0.238. The first-order chi connectivity index (χ1) is 13.1. The van der Waals surface area contributed by atoms with E-state index in [0.717, 1.165) is 4.88 Å². The van der Waals surface area contributed by atoms with E-state index in [1.165, 1.54) is 40.4 Å². The van der Waals surface area contributed by atoms with Gasteiger partial charge < -0.3 is 5.11 Å². The molecule has 4 heterocycles. The molecule has 4 rings (SSSR count). The van der Waals surface area contributed by atoms with Crippen LogP contribution in [-0.4, -0.2) is 5.11 Å². The van der Waals surface area contributed by atoms with Gasteiger partial charge >= 0.3 is 0 Å². The van der Waals surface area contributed by atoms with Crippen LogP contribution >= 0.6 is 45.3 Å². The van der Waals surface area contributed by atoms with Gasteiger partial charge in [0, 0.05) is 35.5 Å². The van der Waals surface area contributed by atoms with Crippen LogP contribution in [0.1, 0.15) is 31.2 Å². The molecule has 0 aliphatic heterocycles. The summed E-state index contributed by atoms with van der Waals surface area (Å²) >= 11 is 7.20. The van der Waals surface area contributed by atoms with Gasteiger partial charge in [-0.15, -0.1) is 45.3 Å². The Hall–Kier alpha value is -1.24. The largest absolute Gasteiger partial charge is 0.391 e. The first kappa shape index (κ1) is 18.1. The van der Waals surface area contributed by atoms with Crippen LogP contribution in [0, 0.1) is 13.8 Å². The summed E-state index contributed by atoms with van der Waals surface area (Å²) in [6, 6.07) is 13.2. The van der Waals surface area contributed by atoms with Crippen molar-refractivity contribution in [3.05, 3.63) is 57.8 Å². The molecule has 0 aromatic carbocycles. The fourth-order valence-electron chi connectivity index (χ4n) is 2.68. The number of thiophene rings is 4. The second-order valence-corrected chi connectivity index (χ2v) is 9.86. The number of aliphatic hydroxyl groups is 1. The smallest absolute Gasteiger partial charge is 0.0774 e. The third-order valence-corrected chi connectivity index (χ3v) is 8.85. The Bertz CT molecular complexity index is 1010. The van der Waals surface area contributed by atoms with E-state index in [1.54, 1.807) is 18.3 Å². The Morgan fingerprint density at radius 1 is 0.846 bits per heavy atom. The monoisotopic (exact) mass is 420 g/mol. The molecular formula is C21H22OS4. The van der Waals surface area contributed by atoms with Gasteiger partial charge in [0.2, 0.25) is 0 Å². The maximum Gasteiger partial charge on any atom is 0.0774 e. The van der Waals surface area contributed by atoms with Crippen LogP contribution in [0.5, 0.6) is 0 Å². The lowest BCUT2D eigenvalue weighted by molar-refractivity contribution is 0.285. The van der Waals surface area contributed by atoms with Crippen LogP contribution in [0.3, 0.4) is 0 Å². The van der Waals surface area contributed by atoms with E-state index in [4.69, 9.17) is 1.37 Å². The zero-order valence-corrected chi connectivity index (χ0v) is 18.3.